The third-order valence-corrected chi connectivity index (χ3v) is 3.73. The molecule has 1 fully saturated rings. The third-order valence-electron chi connectivity index (χ3n) is 3.45. The van der Waals surface area contributed by atoms with E-state index in [4.69, 9.17) is 12.2 Å². The monoisotopic (exact) mass is 245 g/mol. The van der Waals surface area contributed by atoms with Crippen LogP contribution in [-0.2, 0) is 0 Å². The van der Waals surface area contributed by atoms with Gasteiger partial charge in [-0.1, -0.05) is 25.1 Å². The van der Waals surface area contributed by atoms with E-state index in [1.165, 1.54) is 12.8 Å². The van der Waals surface area contributed by atoms with Gasteiger partial charge in [-0.05, 0) is 43.1 Å². The molecule has 1 aliphatic rings. The maximum Gasteiger partial charge on any atom is 0.199 e. The molecule has 4 heteroatoms. The second-order valence-electron chi connectivity index (χ2n) is 4.83. The highest BCUT2D eigenvalue weighted by molar-refractivity contribution is 7.71. The number of hydrogen-bond donors (Lipinski definition) is 1. The van der Waals surface area contributed by atoms with Gasteiger partial charge in [0.1, 0.15) is 5.82 Å². The average molecular weight is 245 g/mol. The molecule has 1 saturated carbocycles. The second-order valence-corrected chi connectivity index (χ2v) is 5.22. The molecule has 0 radical (unpaired) electrons. The largest absolute Gasteiger partial charge is 0.272 e. The molecule has 3 nitrogen and oxygen atoms in total. The first-order valence-electron chi connectivity index (χ1n) is 5.98. The fraction of sp³-hybridized carbons (Fsp3) is 0.385. The summed E-state index contributed by atoms with van der Waals surface area (Å²) in [5, 5.41) is 7.31. The van der Waals surface area contributed by atoms with Crippen molar-refractivity contribution in [2.45, 2.75) is 25.7 Å². The van der Waals surface area contributed by atoms with E-state index in [9.17, 15) is 0 Å². The Morgan fingerprint density at radius 2 is 2.00 bits per heavy atom. The molecule has 0 saturated heterocycles. The number of benzene rings is 1. The van der Waals surface area contributed by atoms with Crippen LogP contribution in [-0.4, -0.2) is 14.8 Å². The number of para-hydroxylation sites is 1. The van der Waals surface area contributed by atoms with Crippen molar-refractivity contribution in [2.75, 3.05) is 0 Å². The maximum absolute atomic E-state index is 5.32. The number of rotatable bonds is 2. The minimum atomic E-state index is 0.554. The zero-order valence-corrected chi connectivity index (χ0v) is 10.6. The average Bonchev–Trinajstić information content (AvgIpc) is 2.68. The Morgan fingerprint density at radius 3 is 2.65 bits per heavy atom. The zero-order chi connectivity index (χ0) is 11.8. The fourth-order valence-electron chi connectivity index (χ4n) is 2.52. The van der Waals surface area contributed by atoms with Crippen LogP contribution in [0.4, 0.5) is 0 Å². The van der Waals surface area contributed by atoms with Crippen molar-refractivity contribution in [1.29, 1.82) is 0 Å². The van der Waals surface area contributed by atoms with Gasteiger partial charge in [0.15, 0.2) is 4.77 Å². The Hall–Kier alpha value is -1.42. The van der Waals surface area contributed by atoms with Crippen LogP contribution in [0, 0.1) is 10.7 Å². The molecule has 0 amide bonds. The van der Waals surface area contributed by atoms with Gasteiger partial charge in [0.2, 0.25) is 0 Å². The molecule has 0 aliphatic heterocycles. The highest BCUT2D eigenvalue weighted by Gasteiger charge is 2.31. The van der Waals surface area contributed by atoms with E-state index in [1.807, 2.05) is 18.2 Å². The van der Waals surface area contributed by atoms with Crippen LogP contribution in [0.2, 0.25) is 0 Å². The SMILES string of the molecule is CC1CC(c2n[nH]c(=S)n2-c2ccccc2)C1. The maximum atomic E-state index is 5.32. The van der Waals surface area contributed by atoms with Crippen LogP contribution >= 0.6 is 12.2 Å². The van der Waals surface area contributed by atoms with Crippen molar-refractivity contribution >= 4 is 12.2 Å². The highest BCUT2D eigenvalue weighted by atomic mass is 32.1. The molecular formula is C13H15N3S. The first-order valence-corrected chi connectivity index (χ1v) is 6.39. The van der Waals surface area contributed by atoms with E-state index in [-0.39, 0.29) is 0 Å². The number of hydrogen-bond acceptors (Lipinski definition) is 2. The van der Waals surface area contributed by atoms with E-state index in [0.29, 0.717) is 10.7 Å². The zero-order valence-electron chi connectivity index (χ0n) is 9.76. The summed E-state index contributed by atoms with van der Waals surface area (Å²) in [4.78, 5) is 0. The molecule has 1 aliphatic carbocycles. The number of aromatic nitrogens is 3. The Kier molecular flexibility index (Phi) is 2.59. The molecule has 0 atom stereocenters. The van der Waals surface area contributed by atoms with Gasteiger partial charge < -0.3 is 0 Å². The number of nitrogens with zero attached hydrogens (tertiary/aromatic N) is 2. The molecule has 1 N–H and O–H groups in total. The van der Waals surface area contributed by atoms with Gasteiger partial charge in [-0.25, -0.2) is 0 Å². The van der Waals surface area contributed by atoms with Gasteiger partial charge in [-0.2, -0.15) is 5.10 Å². The lowest BCUT2D eigenvalue weighted by atomic mass is 9.75. The fourth-order valence-corrected chi connectivity index (χ4v) is 2.77. The minimum absolute atomic E-state index is 0.554. The minimum Gasteiger partial charge on any atom is -0.272 e. The lowest BCUT2D eigenvalue weighted by molar-refractivity contribution is 0.275. The van der Waals surface area contributed by atoms with Crippen molar-refractivity contribution in [2.24, 2.45) is 5.92 Å². The van der Waals surface area contributed by atoms with E-state index >= 15 is 0 Å². The molecule has 1 aromatic heterocycles. The Balaban J connectivity index is 2.04. The molecular weight excluding hydrogens is 230 g/mol. The predicted molar refractivity (Wildman–Crippen MR) is 69.9 cm³/mol. The molecule has 0 unspecified atom stereocenters. The van der Waals surface area contributed by atoms with Gasteiger partial charge >= 0.3 is 0 Å². The number of nitrogens with one attached hydrogen (secondary N) is 1. The first-order chi connectivity index (χ1) is 8.25. The molecule has 88 valence electrons. The Bertz CT molecular complexity index is 564. The normalized spacial score (nSPS) is 23.4. The Morgan fingerprint density at radius 1 is 1.29 bits per heavy atom. The number of aromatic amines is 1. The smallest absolute Gasteiger partial charge is 0.199 e. The third kappa shape index (κ3) is 1.82. The van der Waals surface area contributed by atoms with E-state index in [0.717, 1.165) is 17.4 Å². The quantitative estimate of drug-likeness (QED) is 0.822. The molecule has 1 aromatic carbocycles. The number of H-pyrrole nitrogens is 1. The van der Waals surface area contributed by atoms with Gasteiger partial charge in [0.25, 0.3) is 0 Å². The summed E-state index contributed by atoms with van der Waals surface area (Å²) in [6.45, 7) is 2.28. The van der Waals surface area contributed by atoms with E-state index in [1.54, 1.807) is 0 Å². The van der Waals surface area contributed by atoms with Crippen molar-refractivity contribution in [1.82, 2.24) is 14.8 Å². The van der Waals surface area contributed by atoms with Crippen molar-refractivity contribution in [3.8, 4) is 5.69 Å². The van der Waals surface area contributed by atoms with Crippen molar-refractivity contribution < 1.29 is 0 Å². The second kappa shape index (κ2) is 4.11. The van der Waals surface area contributed by atoms with Gasteiger partial charge in [0.05, 0.1) is 0 Å². The van der Waals surface area contributed by atoms with Crippen LogP contribution in [0.1, 0.15) is 31.5 Å². The molecule has 0 spiro atoms. The van der Waals surface area contributed by atoms with Gasteiger partial charge in [-0.3, -0.25) is 9.67 Å². The van der Waals surface area contributed by atoms with Gasteiger partial charge in [-0.15, -0.1) is 0 Å². The predicted octanol–water partition coefficient (Wildman–Crippen LogP) is 3.44. The summed E-state index contributed by atoms with van der Waals surface area (Å²) in [6, 6.07) is 10.2. The van der Waals surface area contributed by atoms with Crippen molar-refractivity contribution in [3.05, 3.63) is 40.9 Å². The Labute approximate surface area is 105 Å². The van der Waals surface area contributed by atoms with Crippen LogP contribution in [0.25, 0.3) is 5.69 Å². The van der Waals surface area contributed by atoms with Crippen molar-refractivity contribution in [3.63, 3.8) is 0 Å². The molecule has 17 heavy (non-hydrogen) atoms. The summed E-state index contributed by atoms with van der Waals surface area (Å²) in [5.74, 6) is 2.45. The summed E-state index contributed by atoms with van der Waals surface area (Å²) in [7, 11) is 0. The van der Waals surface area contributed by atoms with Crippen LogP contribution in [0.3, 0.4) is 0 Å². The van der Waals surface area contributed by atoms with E-state index in [2.05, 4.69) is 33.8 Å². The summed E-state index contributed by atoms with van der Waals surface area (Å²) in [6.07, 6.45) is 2.43. The summed E-state index contributed by atoms with van der Waals surface area (Å²) in [5.41, 5.74) is 1.10. The topological polar surface area (TPSA) is 33.6 Å². The summed E-state index contributed by atoms with van der Waals surface area (Å²) < 4.78 is 2.75. The lowest BCUT2D eigenvalue weighted by Crippen LogP contribution is -2.22. The molecule has 2 aromatic rings. The van der Waals surface area contributed by atoms with Crippen LogP contribution < -0.4 is 0 Å². The molecule has 3 rings (SSSR count). The van der Waals surface area contributed by atoms with Crippen LogP contribution in [0.15, 0.2) is 30.3 Å². The lowest BCUT2D eigenvalue weighted by Gasteiger charge is -2.31. The van der Waals surface area contributed by atoms with Crippen LogP contribution in [0.5, 0.6) is 0 Å². The highest BCUT2D eigenvalue weighted by Crippen LogP contribution is 2.40. The first kappa shape index (κ1) is 10.7. The standard InChI is InChI=1S/C13H15N3S/c1-9-7-10(8-9)12-14-15-13(17)16(12)11-5-3-2-4-6-11/h2-6,9-10H,7-8H2,1H3,(H,15,17). The summed E-state index contributed by atoms with van der Waals surface area (Å²) >= 11 is 5.32. The molecule has 0 bridgehead atoms. The molecule has 1 heterocycles. The van der Waals surface area contributed by atoms with E-state index < -0.39 is 0 Å². The van der Waals surface area contributed by atoms with Gasteiger partial charge in [0, 0.05) is 11.6 Å².